The largest absolute Gasteiger partial charge is 0.436 e. The smallest absolute Gasteiger partial charge is 0.424 e. The van der Waals surface area contributed by atoms with Gasteiger partial charge in [0.05, 0.1) is 0 Å². The lowest BCUT2D eigenvalue weighted by Gasteiger charge is -2.05. The number of hydrogen-bond acceptors (Lipinski definition) is 2. The predicted molar refractivity (Wildman–Crippen MR) is 42.1 cm³/mol. The molecule has 11 heavy (non-hydrogen) atoms. The van der Waals surface area contributed by atoms with Gasteiger partial charge >= 0.3 is 8.69 Å². The average molecular weight is 174 g/mol. The Morgan fingerprint density at radius 1 is 1.45 bits per heavy atom. The van der Waals surface area contributed by atoms with Gasteiger partial charge in [-0.3, -0.25) is 0 Å². The molecule has 0 saturated carbocycles. The van der Waals surface area contributed by atoms with Gasteiger partial charge in [0, 0.05) is 0 Å². The molecular weight excluding hydrogens is 166 g/mol. The van der Waals surface area contributed by atoms with E-state index in [0.717, 1.165) is 5.56 Å². The Kier molecular flexibility index (Phi) is 2.80. The summed E-state index contributed by atoms with van der Waals surface area (Å²) in [6, 6.07) is 6.94. The Hall–Kier alpha value is -0.660. The summed E-state index contributed by atoms with van der Waals surface area (Å²) in [5.41, 5.74) is 0.812. The highest BCUT2D eigenvalue weighted by atomic mass is 31.2. The van der Waals surface area contributed by atoms with Crippen LogP contribution in [-0.4, -0.2) is 4.89 Å². The van der Waals surface area contributed by atoms with Crippen LogP contribution in [-0.2, 0) is 0 Å². The zero-order chi connectivity index (χ0) is 8.27. The van der Waals surface area contributed by atoms with Gasteiger partial charge in [0.1, 0.15) is 5.75 Å². The van der Waals surface area contributed by atoms with Gasteiger partial charge in [0.15, 0.2) is 0 Å². The van der Waals surface area contributed by atoms with Crippen molar-refractivity contribution in [3.05, 3.63) is 29.8 Å². The molecule has 0 saturated heterocycles. The number of aryl methyl sites for hydroxylation is 1. The van der Waals surface area contributed by atoms with Crippen molar-refractivity contribution in [2.24, 2.45) is 0 Å². The molecular formula is C7H8FO2P. The van der Waals surface area contributed by atoms with Crippen LogP contribution in [0, 0.1) is 6.92 Å². The molecule has 0 aliphatic carbocycles. The van der Waals surface area contributed by atoms with E-state index >= 15 is 0 Å². The molecule has 1 atom stereocenters. The molecule has 4 heteroatoms. The Balaban J connectivity index is 2.78. The molecule has 0 heterocycles. The highest BCUT2D eigenvalue weighted by molar-refractivity contribution is 7.40. The second-order valence-corrected chi connectivity index (χ2v) is 2.72. The van der Waals surface area contributed by atoms with Crippen LogP contribution in [0.3, 0.4) is 0 Å². The van der Waals surface area contributed by atoms with Crippen molar-refractivity contribution in [1.82, 2.24) is 0 Å². The molecule has 0 aliphatic heterocycles. The van der Waals surface area contributed by atoms with Crippen molar-refractivity contribution < 1.29 is 13.6 Å². The van der Waals surface area contributed by atoms with Crippen LogP contribution in [0.1, 0.15) is 5.56 Å². The molecule has 0 bridgehead atoms. The first-order valence-electron chi connectivity index (χ1n) is 3.08. The second kappa shape index (κ2) is 3.65. The molecule has 0 aromatic heterocycles. The van der Waals surface area contributed by atoms with Gasteiger partial charge in [-0.25, -0.2) is 0 Å². The average Bonchev–Trinajstić information content (AvgIpc) is 1.93. The lowest BCUT2D eigenvalue weighted by atomic mass is 10.2. The minimum absolute atomic E-state index is 0.392. The molecule has 0 aliphatic rings. The Morgan fingerprint density at radius 3 is 2.64 bits per heavy atom. The second-order valence-electron chi connectivity index (χ2n) is 2.08. The fourth-order valence-electron chi connectivity index (χ4n) is 0.740. The number of rotatable bonds is 2. The molecule has 1 aromatic rings. The van der Waals surface area contributed by atoms with E-state index in [0.29, 0.717) is 5.75 Å². The molecule has 1 aromatic carbocycles. The van der Waals surface area contributed by atoms with E-state index in [-0.39, 0.29) is 0 Å². The van der Waals surface area contributed by atoms with Crippen LogP contribution in [0.2, 0.25) is 0 Å². The van der Waals surface area contributed by atoms with Gasteiger partial charge in [0.25, 0.3) is 0 Å². The van der Waals surface area contributed by atoms with E-state index < -0.39 is 8.69 Å². The van der Waals surface area contributed by atoms with Gasteiger partial charge in [-0.2, -0.15) is 0 Å². The Morgan fingerprint density at radius 2 is 2.09 bits per heavy atom. The summed E-state index contributed by atoms with van der Waals surface area (Å²) >= 11 is 0. The quantitative estimate of drug-likeness (QED) is 0.698. The molecule has 1 N–H and O–H groups in total. The third-order valence-electron chi connectivity index (χ3n) is 1.27. The Bertz CT molecular complexity index is 240. The summed E-state index contributed by atoms with van der Waals surface area (Å²) in [7, 11) is -2.79. The van der Waals surface area contributed by atoms with Crippen LogP contribution in [0.5, 0.6) is 5.75 Å². The van der Waals surface area contributed by atoms with Crippen molar-refractivity contribution in [2.45, 2.75) is 6.92 Å². The van der Waals surface area contributed by atoms with E-state index in [1.165, 1.54) is 0 Å². The van der Waals surface area contributed by atoms with Gasteiger partial charge < -0.3 is 9.42 Å². The maximum absolute atomic E-state index is 12.0. The zero-order valence-corrected chi connectivity index (χ0v) is 6.88. The highest BCUT2D eigenvalue weighted by Crippen LogP contribution is 2.35. The molecule has 2 nitrogen and oxygen atoms in total. The molecule has 0 radical (unpaired) electrons. The first-order valence-corrected chi connectivity index (χ1v) is 4.19. The first-order chi connectivity index (χ1) is 5.20. The van der Waals surface area contributed by atoms with E-state index in [9.17, 15) is 4.20 Å². The maximum atomic E-state index is 12.0. The number of benzene rings is 1. The summed E-state index contributed by atoms with van der Waals surface area (Å²) in [5, 5.41) is 0. The van der Waals surface area contributed by atoms with E-state index in [2.05, 4.69) is 4.52 Å². The summed E-state index contributed by atoms with van der Waals surface area (Å²) in [4.78, 5) is 8.31. The van der Waals surface area contributed by atoms with Crippen molar-refractivity contribution in [2.75, 3.05) is 0 Å². The topological polar surface area (TPSA) is 29.5 Å². The standard InChI is InChI=1S/C7H8FO2P/c1-6-4-2-3-5-7(6)10-11(8)9/h2-5,9H,1H3. The summed E-state index contributed by atoms with van der Waals surface area (Å²) in [6.45, 7) is 1.79. The molecule has 60 valence electrons. The van der Waals surface area contributed by atoms with Crippen molar-refractivity contribution >= 4 is 8.69 Å². The van der Waals surface area contributed by atoms with E-state index in [4.69, 9.17) is 4.89 Å². The third kappa shape index (κ3) is 2.45. The van der Waals surface area contributed by atoms with Crippen LogP contribution < -0.4 is 4.52 Å². The Labute approximate surface area is 65.7 Å². The normalized spacial score (nSPS) is 12.6. The van der Waals surface area contributed by atoms with Crippen LogP contribution >= 0.6 is 8.69 Å². The van der Waals surface area contributed by atoms with Crippen LogP contribution in [0.25, 0.3) is 0 Å². The van der Waals surface area contributed by atoms with Gasteiger partial charge in [-0.1, -0.05) is 18.2 Å². The van der Waals surface area contributed by atoms with Gasteiger partial charge in [-0.05, 0) is 18.6 Å². The lowest BCUT2D eigenvalue weighted by Crippen LogP contribution is -1.84. The fourth-order valence-corrected chi connectivity index (χ4v) is 1.11. The zero-order valence-electron chi connectivity index (χ0n) is 5.99. The van der Waals surface area contributed by atoms with Crippen molar-refractivity contribution in [3.8, 4) is 5.75 Å². The third-order valence-corrected chi connectivity index (χ3v) is 1.61. The minimum Gasteiger partial charge on any atom is -0.424 e. The molecule has 0 spiro atoms. The summed E-state index contributed by atoms with van der Waals surface area (Å²) < 4.78 is 16.5. The van der Waals surface area contributed by atoms with E-state index in [1.807, 2.05) is 6.07 Å². The molecule has 0 amide bonds. The molecule has 1 rings (SSSR count). The number of hydrogen-bond donors (Lipinski definition) is 1. The fraction of sp³-hybridized carbons (Fsp3) is 0.143. The van der Waals surface area contributed by atoms with Crippen LogP contribution in [0.4, 0.5) is 4.20 Å². The maximum Gasteiger partial charge on any atom is 0.436 e. The lowest BCUT2D eigenvalue weighted by molar-refractivity contribution is 0.432. The molecule has 1 unspecified atom stereocenters. The summed E-state index contributed by atoms with van der Waals surface area (Å²) in [6.07, 6.45) is 0. The SMILES string of the molecule is Cc1ccccc1OP(O)F. The van der Waals surface area contributed by atoms with Crippen molar-refractivity contribution in [1.29, 1.82) is 0 Å². The predicted octanol–water partition coefficient (Wildman–Crippen LogP) is 2.56. The van der Waals surface area contributed by atoms with Gasteiger partial charge in [-0.15, -0.1) is 4.20 Å². The van der Waals surface area contributed by atoms with Crippen molar-refractivity contribution in [3.63, 3.8) is 0 Å². The van der Waals surface area contributed by atoms with E-state index in [1.54, 1.807) is 25.1 Å². The number of para-hydroxylation sites is 1. The number of halogens is 1. The monoisotopic (exact) mass is 174 g/mol. The first kappa shape index (κ1) is 8.44. The highest BCUT2D eigenvalue weighted by Gasteiger charge is 2.05. The minimum atomic E-state index is -2.79. The van der Waals surface area contributed by atoms with Crippen LogP contribution in [0.15, 0.2) is 24.3 Å². The van der Waals surface area contributed by atoms with Gasteiger partial charge in [0.2, 0.25) is 0 Å². The summed E-state index contributed by atoms with van der Waals surface area (Å²) in [5.74, 6) is 0.392. The molecule has 0 fully saturated rings.